The van der Waals surface area contributed by atoms with Crippen LogP contribution in [0.1, 0.15) is 76.7 Å². The third-order valence-electron chi connectivity index (χ3n) is 6.20. The number of aromatic nitrogens is 3. The number of hydrogen-bond acceptors (Lipinski definition) is 7. The van der Waals surface area contributed by atoms with Gasteiger partial charge in [0.05, 0.1) is 23.1 Å². The molecule has 0 spiro atoms. The number of ether oxygens (including phenoxy) is 1. The second-order valence-electron chi connectivity index (χ2n) is 8.68. The van der Waals surface area contributed by atoms with Crippen molar-refractivity contribution in [2.75, 3.05) is 5.32 Å². The highest BCUT2D eigenvalue weighted by molar-refractivity contribution is 5.86. The highest BCUT2D eigenvalue weighted by Crippen LogP contribution is 2.38. The summed E-state index contributed by atoms with van der Waals surface area (Å²) in [5.74, 6) is 1.51. The van der Waals surface area contributed by atoms with Gasteiger partial charge in [-0.25, -0.2) is 15.0 Å². The summed E-state index contributed by atoms with van der Waals surface area (Å²) in [7, 11) is 0. The fraction of sp³-hybridized carbons (Fsp3) is 0.682. The molecular weight excluding hydrogens is 368 g/mol. The number of nitrogens with zero attached hydrogens (tertiary/aromatic N) is 3. The standard InChI is InChI=1S/C22H32N4O3/c1-3-4-13(2)25-22-24-12-19-20(26-22)18(14-5-7-15(27)8-6-14)11-23-21(19)29-17-9-16(28)10-17/h11-17,27-28H,3-10H2,1-2H3,(H,24,25,26)/t13?,14-,15-,16-,17+. The maximum atomic E-state index is 9.89. The lowest BCUT2D eigenvalue weighted by Gasteiger charge is -2.31. The summed E-state index contributed by atoms with van der Waals surface area (Å²) in [5.41, 5.74) is 2.00. The predicted octanol–water partition coefficient (Wildman–Crippen LogP) is 3.55. The Balaban J connectivity index is 1.66. The first-order valence-corrected chi connectivity index (χ1v) is 11.0. The minimum Gasteiger partial charge on any atom is -0.474 e. The number of rotatable bonds is 7. The number of aliphatic hydroxyl groups excluding tert-OH is 2. The largest absolute Gasteiger partial charge is 0.474 e. The Morgan fingerprint density at radius 1 is 1.10 bits per heavy atom. The predicted molar refractivity (Wildman–Crippen MR) is 112 cm³/mol. The fourth-order valence-corrected chi connectivity index (χ4v) is 4.38. The van der Waals surface area contributed by atoms with Gasteiger partial charge >= 0.3 is 0 Å². The first kappa shape index (κ1) is 20.3. The fourth-order valence-electron chi connectivity index (χ4n) is 4.38. The van der Waals surface area contributed by atoms with E-state index in [2.05, 4.69) is 29.1 Å². The summed E-state index contributed by atoms with van der Waals surface area (Å²) >= 11 is 0. The van der Waals surface area contributed by atoms with Crippen LogP contribution in [0, 0.1) is 0 Å². The van der Waals surface area contributed by atoms with Gasteiger partial charge in [-0.15, -0.1) is 0 Å². The molecule has 2 aromatic rings. The Morgan fingerprint density at radius 2 is 1.86 bits per heavy atom. The maximum absolute atomic E-state index is 9.89. The van der Waals surface area contributed by atoms with Crippen LogP contribution in [0.3, 0.4) is 0 Å². The van der Waals surface area contributed by atoms with Gasteiger partial charge in [0, 0.05) is 36.8 Å². The molecule has 2 heterocycles. The lowest BCUT2D eigenvalue weighted by atomic mass is 9.83. The number of nitrogens with one attached hydrogen (secondary N) is 1. The molecule has 2 aliphatic rings. The molecule has 29 heavy (non-hydrogen) atoms. The molecule has 2 fully saturated rings. The van der Waals surface area contributed by atoms with Gasteiger partial charge in [0.15, 0.2) is 0 Å². The Morgan fingerprint density at radius 3 is 2.55 bits per heavy atom. The maximum Gasteiger partial charge on any atom is 0.224 e. The zero-order valence-corrected chi connectivity index (χ0v) is 17.3. The lowest BCUT2D eigenvalue weighted by Crippen LogP contribution is -2.37. The topological polar surface area (TPSA) is 100 Å². The number of anilines is 1. The second-order valence-corrected chi connectivity index (χ2v) is 8.68. The van der Waals surface area contributed by atoms with Crippen LogP contribution in [-0.4, -0.2) is 49.5 Å². The molecule has 0 saturated heterocycles. The van der Waals surface area contributed by atoms with Crippen LogP contribution in [-0.2, 0) is 0 Å². The summed E-state index contributed by atoms with van der Waals surface area (Å²) < 4.78 is 6.04. The van der Waals surface area contributed by atoms with Crippen LogP contribution in [0.4, 0.5) is 5.95 Å². The average Bonchev–Trinajstić information content (AvgIpc) is 2.68. The monoisotopic (exact) mass is 400 g/mol. The van der Waals surface area contributed by atoms with Crippen molar-refractivity contribution in [1.82, 2.24) is 15.0 Å². The molecule has 2 aliphatic carbocycles. The molecule has 7 nitrogen and oxygen atoms in total. The summed E-state index contributed by atoms with van der Waals surface area (Å²) in [4.78, 5) is 14.0. The smallest absolute Gasteiger partial charge is 0.224 e. The van der Waals surface area contributed by atoms with E-state index in [0.717, 1.165) is 55.0 Å². The zero-order valence-electron chi connectivity index (χ0n) is 17.3. The molecule has 0 radical (unpaired) electrons. The first-order valence-electron chi connectivity index (χ1n) is 11.0. The number of aliphatic hydroxyl groups is 2. The van der Waals surface area contributed by atoms with E-state index >= 15 is 0 Å². The third kappa shape index (κ3) is 4.61. The van der Waals surface area contributed by atoms with Crippen LogP contribution < -0.4 is 10.1 Å². The van der Waals surface area contributed by atoms with Crippen molar-refractivity contribution < 1.29 is 14.9 Å². The number of pyridine rings is 1. The lowest BCUT2D eigenvalue weighted by molar-refractivity contribution is -0.0120. The van der Waals surface area contributed by atoms with E-state index in [1.807, 2.05) is 12.4 Å². The first-order chi connectivity index (χ1) is 14.0. The Hall–Kier alpha value is -1.99. The average molecular weight is 401 g/mol. The van der Waals surface area contributed by atoms with E-state index in [1.54, 1.807) is 0 Å². The number of fused-ring (bicyclic) bond motifs is 1. The van der Waals surface area contributed by atoms with Crippen molar-refractivity contribution >= 4 is 16.9 Å². The van der Waals surface area contributed by atoms with Gasteiger partial charge in [0.1, 0.15) is 6.10 Å². The van der Waals surface area contributed by atoms with Crippen LogP contribution in [0.15, 0.2) is 12.4 Å². The number of hydrogen-bond donors (Lipinski definition) is 3. The van der Waals surface area contributed by atoms with E-state index in [-0.39, 0.29) is 18.3 Å². The van der Waals surface area contributed by atoms with E-state index in [1.165, 1.54) is 0 Å². The Bertz CT molecular complexity index is 832. The van der Waals surface area contributed by atoms with Crippen molar-refractivity contribution in [2.24, 2.45) is 0 Å². The van der Waals surface area contributed by atoms with Gasteiger partial charge in [0.2, 0.25) is 11.8 Å². The van der Waals surface area contributed by atoms with Gasteiger partial charge in [0.25, 0.3) is 0 Å². The van der Waals surface area contributed by atoms with Crippen LogP contribution in [0.2, 0.25) is 0 Å². The Kier molecular flexibility index (Phi) is 6.15. The van der Waals surface area contributed by atoms with Crippen molar-refractivity contribution in [3.8, 4) is 5.88 Å². The molecule has 0 aromatic carbocycles. The highest BCUT2D eigenvalue weighted by atomic mass is 16.5. The molecule has 1 unspecified atom stereocenters. The van der Waals surface area contributed by atoms with Gasteiger partial charge in [-0.2, -0.15) is 0 Å². The van der Waals surface area contributed by atoms with Gasteiger partial charge < -0.3 is 20.3 Å². The third-order valence-corrected chi connectivity index (χ3v) is 6.20. The van der Waals surface area contributed by atoms with E-state index in [0.29, 0.717) is 36.6 Å². The van der Waals surface area contributed by atoms with Crippen molar-refractivity contribution in [3.63, 3.8) is 0 Å². The SMILES string of the molecule is CCCC(C)Nc1ncc2c(O[C@H]3C[C@@H](O)C3)ncc([C@H]3CC[C@H](O)CC3)c2n1. The van der Waals surface area contributed by atoms with E-state index in [9.17, 15) is 10.2 Å². The minimum atomic E-state index is -0.272. The summed E-state index contributed by atoms with van der Waals surface area (Å²) in [6.45, 7) is 4.31. The molecular formula is C22H32N4O3. The van der Waals surface area contributed by atoms with Crippen LogP contribution in [0.5, 0.6) is 5.88 Å². The molecule has 3 N–H and O–H groups in total. The molecule has 0 amide bonds. The van der Waals surface area contributed by atoms with Crippen LogP contribution in [0.25, 0.3) is 10.9 Å². The van der Waals surface area contributed by atoms with Crippen molar-refractivity contribution in [3.05, 3.63) is 18.0 Å². The van der Waals surface area contributed by atoms with E-state index in [4.69, 9.17) is 9.72 Å². The molecule has 158 valence electrons. The molecule has 0 bridgehead atoms. The molecule has 2 aromatic heterocycles. The normalized spacial score (nSPS) is 28.0. The van der Waals surface area contributed by atoms with Crippen molar-refractivity contribution in [2.45, 2.75) is 95.5 Å². The molecule has 0 aliphatic heterocycles. The molecule has 1 atom stereocenters. The summed E-state index contributed by atoms with van der Waals surface area (Å²) in [6, 6.07) is 0.305. The minimum absolute atomic E-state index is 0.00115. The van der Waals surface area contributed by atoms with Gasteiger partial charge in [-0.1, -0.05) is 13.3 Å². The van der Waals surface area contributed by atoms with Crippen LogP contribution >= 0.6 is 0 Å². The zero-order chi connectivity index (χ0) is 20.4. The summed E-state index contributed by atoms with van der Waals surface area (Å²) in [5, 5.41) is 23.7. The second kappa shape index (κ2) is 8.79. The summed E-state index contributed by atoms with van der Waals surface area (Å²) in [6.07, 6.45) is 10.2. The van der Waals surface area contributed by atoms with Crippen molar-refractivity contribution in [1.29, 1.82) is 0 Å². The highest BCUT2D eigenvalue weighted by Gasteiger charge is 2.31. The van der Waals surface area contributed by atoms with E-state index < -0.39 is 0 Å². The quantitative estimate of drug-likeness (QED) is 0.653. The molecule has 7 heteroatoms. The molecule has 2 saturated carbocycles. The van der Waals surface area contributed by atoms with Gasteiger partial charge in [-0.05, 0) is 44.9 Å². The molecule has 4 rings (SSSR count). The van der Waals surface area contributed by atoms with Gasteiger partial charge in [-0.3, -0.25) is 0 Å². The Labute approximate surface area is 171 Å².